The van der Waals surface area contributed by atoms with Gasteiger partial charge in [0.05, 0.1) is 5.69 Å². The van der Waals surface area contributed by atoms with Crippen molar-refractivity contribution in [3.8, 4) is 0 Å². The molecule has 112 valence electrons. The van der Waals surface area contributed by atoms with Crippen molar-refractivity contribution in [3.63, 3.8) is 0 Å². The standard InChI is InChI=1S/C14H16FN3O2S/c1-18(9-10-3-2-4-11(15)7-10)13-6-5-12(16)8-14(13)21(17,19)20/h2-8H,9,16H2,1H3,(H2,17,19,20). The van der Waals surface area contributed by atoms with E-state index in [2.05, 4.69) is 0 Å². The van der Waals surface area contributed by atoms with Crippen molar-refractivity contribution >= 4 is 21.4 Å². The minimum Gasteiger partial charge on any atom is -0.399 e. The van der Waals surface area contributed by atoms with E-state index in [-0.39, 0.29) is 10.7 Å². The maximum Gasteiger partial charge on any atom is 0.240 e. The minimum absolute atomic E-state index is 0.0543. The first kappa shape index (κ1) is 15.3. The van der Waals surface area contributed by atoms with E-state index in [0.29, 0.717) is 17.9 Å². The summed E-state index contributed by atoms with van der Waals surface area (Å²) in [5.41, 5.74) is 7.05. The van der Waals surface area contributed by atoms with Gasteiger partial charge in [0.15, 0.2) is 0 Å². The Hall–Kier alpha value is -2.12. The van der Waals surface area contributed by atoms with E-state index >= 15 is 0 Å². The fourth-order valence-electron chi connectivity index (χ4n) is 2.07. The Kier molecular flexibility index (Phi) is 4.15. The van der Waals surface area contributed by atoms with Crippen LogP contribution in [0.4, 0.5) is 15.8 Å². The monoisotopic (exact) mass is 309 g/mol. The van der Waals surface area contributed by atoms with Crippen LogP contribution in [0, 0.1) is 5.82 Å². The van der Waals surface area contributed by atoms with Gasteiger partial charge in [-0.25, -0.2) is 17.9 Å². The summed E-state index contributed by atoms with van der Waals surface area (Å²) < 4.78 is 36.5. The summed E-state index contributed by atoms with van der Waals surface area (Å²) in [6.07, 6.45) is 0. The molecule has 0 aliphatic heterocycles. The van der Waals surface area contributed by atoms with Gasteiger partial charge in [0.1, 0.15) is 10.7 Å². The number of benzene rings is 2. The Morgan fingerprint density at radius 1 is 1.19 bits per heavy atom. The van der Waals surface area contributed by atoms with Crippen LogP contribution in [-0.4, -0.2) is 15.5 Å². The summed E-state index contributed by atoms with van der Waals surface area (Å²) >= 11 is 0. The number of rotatable bonds is 4. The summed E-state index contributed by atoms with van der Waals surface area (Å²) in [6.45, 7) is 0.337. The molecule has 0 aliphatic rings. The van der Waals surface area contributed by atoms with E-state index in [9.17, 15) is 12.8 Å². The predicted molar refractivity (Wildman–Crippen MR) is 80.7 cm³/mol. The number of anilines is 2. The lowest BCUT2D eigenvalue weighted by Gasteiger charge is -2.22. The molecule has 2 rings (SSSR count). The van der Waals surface area contributed by atoms with Crippen molar-refractivity contribution in [3.05, 3.63) is 53.8 Å². The van der Waals surface area contributed by atoms with Crippen molar-refractivity contribution in [2.45, 2.75) is 11.4 Å². The second-order valence-corrected chi connectivity index (χ2v) is 6.29. The van der Waals surface area contributed by atoms with Gasteiger partial charge in [-0.2, -0.15) is 0 Å². The summed E-state index contributed by atoms with van der Waals surface area (Å²) in [7, 11) is -2.20. The fourth-order valence-corrected chi connectivity index (χ4v) is 2.88. The molecular weight excluding hydrogens is 293 g/mol. The van der Waals surface area contributed by atoms with E-state index in [1.165, 1.54) is 18.2 Å². The van der Waals surface area contributed by atoms with Crippen LogP contribution < -0.4 is 15.8 Å². The summed E-state index contributed by atoms with van der Waals surface area (Å²) in [6, 6.07) is 10.6. The molecule has 0 saturated carbocycles. The van der Waals surface area contributed by atoms with Gasteiger partial charge in [-0.05, 0) is 35.9 Å². The molecule has 0 aromatic heterocycles. The first-order valence-electron chi connectivity index (χ1n) is 6.15. The van der Waals surface area contributed by atoms with Crippen molar-refractivity contribution in [1.29, 1.82) is 0 Å². The molecule has 4 N–H and O–H groups in total. The number of hydrogen-bond donors (Lipinski definition) is 2. The summed E-state index contributed by atoms with van der Waals surface area (Å²) in [4.78, 5) is 1.62. The van der Waals surface area contributed by atoms with Gasteiger partial charge in [-0.1, -0.05) is 12.1 Å². The smallest absolute Gasteiger partial charge is 0.240 e. The van der Waals surface area contributed by atoms with Crippen molar-refractivity contribution in [2.75, 3.05) is 17.7 Å². The lowest BCUT2D eigenvalue weighted by Crippen LogP contribution is -2.22. The Balaban J connectivity index is 2.38. The molecule has 0 radical (unpaired) electrons. The number of primary sulfonamides is 1. The van der Waals surface area contributed by atoms with Crippen LogP contribution >= 0.6 is 0 Å². The highest BCUT2D eigenvalue weighted by Gasteiger charge is 2.17. The molecule has 0 atom stereocenters. The third-order valence-corrected chi connectivity index (χ3v) is 3.95. The lowest BCUT2D eigenvalue weighted by molar-refractivity contribution is 0.597. The molecule has 0 aliphatic carbocycles. The van der Waals surface area contributed by atoms with Gasteiger partial charge in [0, 0.05) is 19.3 Å². The zero-order chi connectivity index (χ0) is 15.6. The Labute approximate surface area is 123 Å². The SMILES string of the molecule is CN(Cc1cccc(F)c1)c1ccc(N)cc1S(N)(=O)=O. The number of hydrogen-bond acceptors (Lipinski definition) is 4. The maximum atomic E-state index is 13.2. The lowest BCUT2D eigenvalue weighted by atomic mass is 10.2. The predicted octanol–water partition coefficient (Wildman–Crippen LogP) is 1.69. The quantitative estimate of drug-likeness (QED) is 0.841. The van der Waals surface area contributed by atoms with Crippen LogP contribution in [0.2, 0.25) is 0 Å². The number of nitrogen functional groups attached to an aromatic ring is 1. The topological polar surface area (TPSA) is 89.4 Å². The average Bonchev–Trinajstić information content (AvgIpc) is 2.37. The molecule has 0 spiro atoms. The van der Waals surface area contributed by atoms with Crippen LogP contribution in [0.15, 0.2) is 47.4 Å². The molecule has 0 bridgehead atoms. The molecule has 0 amide bonds. The van der Waals surface area contributed by atoms with Crippen LogP contribution in [-0.2, 0) is 16.6 Å². The van der Waals surface area contributed by atoms with Crippen molar-refractivity contribution in [1.82, 2.24) is 0 Å². The maximum absolute atomic E-state index is 13.2. The molecule has 0 saturated heterocycles. The molecule has 7 heteroatoms. The van der Waals surface area contributed by atoms with Gasteiger partial charge >= 0.3 is 0 Å². The molecule has 0 unspecified atom stereocenters. The van der Waals surface area contributed by atoms with E-state index < -0.39 is 10.0 Å². The fraction of sp³-hybridized carbons (Fsp3) is 0.143. The Bertz CT molecular complexity index is 763. The number of sulfonamides is 1. The molecule has 0 fully saturated rings. The zero-order valence-corrected chi connectivity index (χ0v) is 12.3. The largest absolute Gasteiger partial charge is 0.399 e. The first-order valence-corrected chi connectivity index (χ1v) is 7.70. The highest BCUT2D eigenvalue weighted by atomic mass is 32.2. The highest BCUT2D eigenvalue weighted by molar-refractivity contribution is 7.89. The first-order chi connectivity index (χ1) is 9.77. The number of nitrogens with zero attached hydrogens (tertiary/aromatic N) is 1. The van der Waals surface area contributed by atoms with E-state index in [1.807, 2.05) is 0 Å². The van der Waals surface area contributed by atoms with Crippen LogP contribution in [0.5, 0.6) is 0 Å². The Morgan fingerprint density at radius 2 is 1.90 bits per heavy atom. The van der Waals surface area contributed by atoms with Gasteiger partial charge in [0.25, 0.3) is 0 Å². The van der Waals surface area contributed by atoms with Crippen LogP contribution in [0.3, 0.4) is 0 Å². The average molecular weight is 309 g/mol. The number of nitrogens with two attached hydrogens (primary N) is 2. The molecule has 5 nitrogen and oxygen atoms in total. The van der Waals surface area contributed by atoms with Crippen LogP contribution in [0.25, 0.3) is 0 Å². The third kappa shape index (κ3) is 3.71. The van der Waals surface area contributed by atoms with Crippen LogP contribution in [0.1, 0.15) is 5.56 Å². The highest BCUT2D eigenvalue weighted by Crippen LogP contribution is 2.27. The molecule has 0 heterocycles. The van der Waals surface area contributed by atoms with E-state index in [0.717, 1.165) is 5.56 Å². The molecule has 21 heavy (non-hydrogen) atoms. The van der Waals surface area contributed by atoms with E-state index in [4.69, 9.17) is 10.9 Å². The summed E-state index contributed by atoms with van der Waals surface area (Å²) in [5.74, 6) is -0.343. The Morgan fingerprint density at radius 3 is 2.52 bits per heavy atom. The van der Waals surface area contributed by atoms with Crippen molar-refractivity contribution in [2.24, 2.45) is 5.14 Å². The molecular formula is C14H16FN3O2S. The zero-order valence-electron chi connectivity index (χ0n) is 11.5. The minimum atomic E-state index is -3.90. The normalized spacial score (nSPS) is 11.4. The third-order valence-electron chi connectivity index (χ3n) is 3.01. The second kappa shape index (κ2) is 5.71. The van der Waals surface area contributed by atoms with Gasteiger partial charge in [-0.15, -0.1) is 0 Å². The van der Waals surface area contributed by atoms with Crippen molar-refractivity contribution < 1.29 is 12.8 Å². The van der Waals surface area contributed by atoms with Gasteiger partial charge in [-0.3, -0.25) is 0 Å². The molecule has 2 aromatic rings. The second-order valence-electron chi connectivity index (χ2n) is 4.76. The number of halogens is 1. The van der Waals surface area contributed by atoms with Gasteiger partial charge < -0.3 is 10.6 Å². The molecule has 2 aromatic carbocycles. The van der Waals surface area contributed by atoms with Gasteiger partial charge in [0.2, 0.25) is 10.0 Å². The summed E-state index contributed by atoms with van der Waals surface area (Å²) in [5, 5.41) is 5.21. The van der Waals surface area contributed by atoms with E-state index in [1.54, 1.807) is 36.2 Å².